The van der Waals surface area contributed by atoms with Gasteiger partial charge in [0.15, 0.2) is 0 Å². The molecule has 3 aromatic rings. The molecule has 5 heteroatoms. The van der Waals surface area contributed by atoms with Gasteiger partial charge in [0, 0.05) is 12.5 Å². The van der Waals surface area contributed by atoms with Crippen molar-refractivity contribution < 1.29 is 14.6 Å². The number of carbonyl (C=O) groups excluding carboxylic acids is 1. The number of nitrogen functional groups attached to an aromatic ring is 1. The number of hydrogen-bond donors (Lipinski definition) is 3. The van der Waals surface area contributed by atoms with Crippen LogP contribution in [0.2, 0.25) is 0 Å². The Balaban J connectivity index is 1.93. The molecular formula is C27H32N2O3. The Kier molecular flexibility index (Phi) is 7.90. The first-order valence-electron chi connectivity index (χ1n) is 11.0. The molecule has 0 saturated carbocycles. The fourth-order valence-electron chi connectivity index (χ4n) is 3.92. The number of ether oxygens (including phenoxy) is 1. The first kappa shape index (κ1) is 23.4. The van der Waals surface area contributed by atoms with E-state index in [9.17, 15) is 9.90 Å². The highest BCUT2D eigenvalue weighted by Crippen LogP contribution is 2.36. The predicted molar refractivity (Wildman–Crippen MR) is 130 cm³/mol. The zero-order valence-corrected chi connectivity index (χ0v) is 19.0. The molecule has 0 saturated heterocycles. The number of anilines is 2. The summed E-state index contributed by atoms with van der Waals surface area (Å²) in [6.45, 7) is 6.93. The van der Waals surface area contributed by atoms with Crippen molar-refractivity contribution >= 4 is 17.3 Å². The first-order valence-corrected chi connectivity index (χ1v) is 11.0. The minimum Gasteiger partial charge on any atom is -0.461 e. The van der Waals surface area contributed by atoms with Gasteiger partial charge in [0.2, 0.25) is 0 Å². The number of esters is 1. The number of aliphatic hydroxyl groups excluding tert-OH is 1. The molecule has 5 nitrogen and oxygen atoms in total. The van der Waals surface area contributed by atoms with Gasteiger partial charge in [0.25, 0.3) is 0 Å². The third kappa shape index (κ3) is 5.48. The van der Waals surface area contributed by atoms with Crippen molar-refractivity contribution in [2.24, 2.45) is 0 Å². The van der Waals surface area contributed by atoms with E-state index in [2.05, 4.69) is 5.32 Å². The highest BCUT2D eigenvalue weighted by molar-refractivity contribution is 5.75. The summed E-state index contributed by atoms with van der Waals surface area (Å²) in [5.74, 6) is -0.513. The van der Waals surface area contributed by atoms with Gasteiger partial charge in [-0.2, -0.15) is 0 Å². The molecule has 3 aromatic carbocycles. The van der Waals surface area contributed by atoms with E-state index < -0.39 is 0 Å². The molecule has 3 rings (SSSR count). The largest absolute Gasteiger partial charge is 0.461 e. The summed E-state index contributed by atoms with van der Waals surface area (Å²) in [6.07, 6.45) is 0.182. The zero-order valence-electron chi connectivity index (χ0n) is 19.0. The Morgan fingerprint density at radius 2 is 1.84 bits per heavy atom. The summed E-state index contributed by atoms with van der Waals surface area (Å²) in [4.78, 5) is 12.8. The molecule has 168 valence electrons. The van der Waals surface area contributed by atoms with Gasteiger partial charge >= 0.3 is 5.97 Å². The van der Waals surface area contributed by atoms with Crippen LogP contribution in [0.4, 0.5) is 11.4 Å². The van der Waals surface area contributed by atoms with E-state index in [0.29, 0.717) is 5.69 Å². The first-order chi connectivity index (χ1) is 15.4. The summed E-state index contributed by atoms with van der Waals surface area (Å²) >= 11 is 0. The van der Waals surface area contributed by atoms with Crippen molar-refractivity contribution in [3.05, 3.63) is 94.0 Å². The number of hydrogen-bond acceptors (Lipinski definition) is 5. The molecule has 1 atom stereocenters. The number of carbonyl (C=O) groups is 1. The van der Waals surface area contributed by atoms with Crippen molar-refractivity contribution in [2.45, 2.75) is 46.3 Å². The van der Waals surface area contributed by atoms with Crippen LogP contribution in [-0.2, 0) is 22.7 Å². The Morgan fingerprint density at radius 3 is 2.53 bits per heavy atom. The third-order valence-corrected chi connectivity index (χ3v) is 5.86. The van der Waals surface area contributed by atoms with E-state index >= 15 is 0 Å². The van der Waals surface area contributed by atoms with Crippen molar-refractivity contribution in [3.8, 4) is 0 Å². The zero-order chi connectivity index (χ0) is 23.1. The number of aliphatic hydroxyl groups is 1. The molecule has 0 aromatic heterocycles. The average Bonchev–Trinajstić information content (AvgIpc) is 2.81. The van der Waals surface area contributed by atoms with E-state index in [1.807, 2.05) is 81.4 Å². The average molecular weight is 433 g/mol. The molecule has 0 amide bonds. The van der Waals surface area contributed by atoms with E-state index in [-0.39, 0.29) is 31.5 Å². The summed E-state index contributed by atoms with van der Waals surface area (Å²) in [5.41, 5.74) is 13.7. The lowest BCUT2D eigenvalue weighted by Crippen LogP contribution is -2.14. The molecule has 0 fully saturated rings. The van der Waals surface area contributed by atoms with Crippen LogP contribution < -0.4 is 11.1 Å². The molecule has 1 unspecified atom stereocenters. The second kappa shape index (κ2) is 10.8. The van der Waals surface area contributed by atoms with Crippen LogP contribution in [0.15, 0.2) is 60.7 Å². The number of aryl methyl sites for hydroxylation is 1. The molecule has 0 radical (unpaired) electrons. The molecular weight excluding hydrogens is 400 g/mol. The third-order valence-electron chi connectivity index (χ3n) is 5.86. The van der Waals surface area contributed by atoms with Gasteiger partial charge < -0.3 is 20.9 Å². The van der Waals surface area contributed by atoms with Crippen LogP contribution in [0.1, 0.15) is 52.6 Å². The lowest BCUT2D eigenvalue weighted by atomic mass is 9.84. The molecule has 0 heterocycles. The quantitative estimate of drug-likeness (QED) is 0.325. The molecule has 0 aliphatic carbocycles. The smallest absolute Gasteiger partial charge is 0.307 e. The van der Waals surface area contributed by atoms with Crippen LogP contribution in [0.3, 0.4) is 0 Å². The maximum atomic E-state index is 12.8. The van der Waals surface area contributed by atoms with Crippen molar-refractivity contribution in [2.75, 3.05) is 17.6 Å². The fourth-order valence-corrected chi connectivity index (χ4v) is 3.92. The molecule has 0 bridgehead atoms. The maximum Gasteiger partial charge on any atom is 0.307 e. The van der Waals surface area contributed by atoms with Crippen LogP contribution in [-0.4, -0.2) is 17.6 Å². The van der Waals surface area contributed by atoms with Gasteiger partial charge in [-0.1, -0.05) is 54.6 Å². The van der Waals surface area contributed by atoms with Gasteiger partial charge in [-0.25, -0.2) is 0 Å². The van der Waals surface area contributed by atoms with Crippen LogP contribution in [0.25, 0.3) is 0 Å². The molecule has 4 N–H and O–H groups in total. The lowest BCUT2D eigenvalue weighted by Gasteiger charge is -2.23. The molecule has 0 aliphatic rings. The number of rotatable bonds is 9. The van der Waals surface area contributed by atoms with Crippen molar-refractivity contribution in [1.82, 2.24) is 0 Å². The summed E-state index contributed by atoms with van der Waals surface area (Å²) in [6, 6.07) is 19.6. The summed E-state index contributed by atoms with van der Waals surface area (Å²) in [5, 5.41) is 13.0. The van der Waals surface area contributed by atoms with Gasteiger partial charge in [0.1, 0.15) is 6.61 Å². The van der Waals surface area contributed by atoms with Gasteiger partial charge in [-0.3, -0.25) is 4.79 Å². The number of benzene rings is 3. The van der Waals surface area contributed by atoms with Gasteiger partial charge in [-0.15, -0.1) is 0 Å². The second-order valence-corrected chi connectivity index (χ2v) is 8.02. The highest BCUT2D eigenvalue weighted by Gasteiger charge is 2.23. The Bertz CT molecular complexity index is 1060. The minimum atomic E-state index is -0.279. The SMILES string of the molecule is CCNc1ccc(C(CC(=O)OCc2ccccc2)c2ccc(C)c(CO)c2)c(C)c1N. The Labute approximate surface area is 190 Å². The molecule has 0 spiro atoms. The molecule has 32 heavy (non-hydrogen) atoms. The predicted octanol–water partition coefficient (Wildman–Crippen LogP) is 5.08. The fraction of sp³-hybridized carbons (Fsp3) is 0.296. The van der Waals surface area contributed by atoms with E-state index in [0.717, 1.165) is 45.6 Å². The maximum absolute atomic E-state index is 12.8. The van der Waals surface area contributed by atoms with Crippen LogP contribution in [0, 0.1) is 13.8 Å². The van der Waals surface area contributed by atoms with Gasteiger partial charge in [0.05, 0.1) is 24.4 Å². The topological polar surface area (TPSA) is 84.6 Å². The van der Waals surface area contributed by atoms with Gasteiger partial charge in [-0.05, 0) is 60.2 Å². The lowest BCUT2D eigenvalue weighted by molar-refractivity contribution is -0.145. The highest BCUT2D eigenvalue weighted by atomic mass is 16.5. The summed E-state index contributed by atoms with van der Waals surface area (Å²) < 4.78 is 5.58. The van der Waals surface area contributed by atoms with Crippen LogP contribution >= 0.6 is 0 Å². The Morgan fingerprint density at radius 1 is 1.09 bits per heavy atom. The summed E-state index contributed by atoms with van der Waals surface area (Å²) in [7, 11) is 0. The number of nitrogens with two attached hydrogens (primary N) is 1. The van der Waals surface area contributed by atoms with E-state index in [1.165, 1.54) is 0 Å². The van der Waals surface area contributed by atoms with E-state index in [1.54, 1.807) is 0 Å². The Hall–Kier alpha value is -3.31. The number of nitrogens with one attached hydrogen (secondary N) is 1. The standard InChI is InChI=1S/C27H32N2O3/c1-4-29-25-13-12-23(19(3)27(25)28)24(21-11-10-18(2)22(14-21)16-30)15-26(31)32-17-20-8-6-5-7-9-20/h5-14,24,29-30H,4,15-17,28H2,1-3H3. The minimum absolute atomic E-state index is 0.0503. The van der Waals surface area contributed by atoms with Crippen molar-refractivity contribution in [1.29, 1.82) is 0 Å². The van der Waals surface area contributed by atoms with E-state index in [4.69, 9.17) is 10.5 Å². The second-order valence-electron chi connectivity index (χ2n) is 8.02. The normalized spacial score (nSPS) is 11.8. The molecule has 0 aliphatic heterocycles. The van der Waals surface area contributed by atoms with Crippen molar-refractivity contribution in [3.63, 3.8) is 0 Å². The monoisotopic (exact) mass is 432 g/mol. The van der Waals surface area contributed by atoms with Crippen LogP contribution in [0.5, 0.6) is 0 Å².